The second-order valence-electron chi connectivity index (χ2n) is 4.64. The maximum Gasteiger partial charge on any atom is 0.232 e. The Balaban J connectivity index is 2.05. The van der Waals surface area contributed by atoms with Crippen LogP contribution in [0.3, 0.4) is 0 Å². The van der Waals surface area contributed by atoms with Crippen LogP contribution in [0, 0.1) is 5.41 Å². The summed E-state index contributed by atoms with van der Waals surface area (Å²) in [7, 11) is 0. The van der Waals surface area contributed by atoms with Crippen LogP contribution in [0.15, 0.2) is 18.2 Å². The Bertz CT molecular complexity index is 416. The fraction of sp³-hybridized carbons (Fsp3) is 0.500. The van der Waals surface area contributed by atoms with Gasteiger partial charge in [0.1, 0.15) is 11.0 Å². The van der Waals surface area contributed by atoms with Crippen molar-refractivity contribution in [2.75, 3.05) is 18.4 Å². The molecule has 92 valence electrons. The van der Waals surface area contributed by atoms with Crippen LogP contribution in [-0.2, 0) is 4.79 Å². The molecule has 0 aromatic carbocycles. The fourth-order valence-electron chi connectivity index (χ4n) is 2.00. The molecule has 1 aromatic heterocycles. The number of nitrogens with one attached hydrogen (secondary N) is 2. The fourth-order valence-corrected chi connectivity index (χ4v) is 2.16. The van der Waals surface area contributed by atoms with Crippen molar-refractivity contribution < 1.29 is 4.79 Å². The minimum atomic E-state index is -0.359. The highest BCUT2D eigenvalue weighted by Crippen LogP contribution is 2.27. The van der Waals surface area contributed by atoms with Gasteiger partial charge in [-0.2, -0.15) is 0 Å². The molecule has 1 aliphatic rings. The van der Waals surface area contributed by atoms with Crippen molar-refractivity contribution in [3.05, 3.63) is 23.4 Å². The van der Waals surface area contributed by atoms with Gasteiger partial charge in [-0.05, 0) is 38.4 Å². The van der Waals surface area contributed by atoms with Gasteiger partial charge in [-0.3, -0.25) is 4.79 Å². The zero-order chi connectivity index (χ0) is 12.3. The number of rotatable bonds is 2. The number of anilines is 1. The molecule has 1 atom stereocenters. The molecular formula is C12H16ClN3O. The monoisotopic (exact) mass is 253 g/mol. The summed E-state index contributed by atoms with van der Waals surface area (Å²) in [4.78, 5) is 16.2. The number of halogens is 1. The number of hydrogen-bond donors (Lipinski definition) is 2. The summed E-state index contributed by atoms with van der Waals surface area (Å²) in [5.41, 5.74) is -0.359. The van der Waals surface area contributed by atoms with E-state index in [1.54, 1.807) is 18.2 Å². The number of amides is 1. The third kappa shape index (κ3) is 2.96. The van der Waals surface area contributed by atoms with Crippen molar-refractivity contribution >= 4 is 23.3 Å². The first-order valence-electron chi connectivity index (χ1n) is 5.75. The lowest BCUT2D eigenvalue weighted by Gasteiger charge is -2.32. The lowest BCUT2D eigenvalue weighted by Crippen LogP contribution is -2.46. The first kappa shape index (κ1) is 12.3. The van der Waals surface area contributed by atoms with E-state index in [0.29, 0.717) is 17.5 Å². The van der Waals surface area contributed by atoms with Gasteiger partial charge in [-0.15, -0.1) is 0 Å². The molecule has 0 bridgehead atoms. The Labute approximate surface area is 106 Å². The van der Waals surface area contributed by atoms with Gasteiger partial charge in [0, 0.05) is 6.54 Å². The Hall–Kier alpha value is -1.13. The van der Waals surface area contributed by atoms with E-state index in [9.17, 15) is 4.79 Å². The third-order valence-corrected chi connectivity index (χ3v) is 3.31. The minimum Gasteiger partial charge on any atom is -0.316 e. The van der Waals surface area contributed by atoms with E-state index in [1.807, 2.05) is 6.92 Å². The second kappa shape index (κ2) is 5.02. The first-order chi connectivity index (χ1) is 8.10. The summed E-state index contributed by atoms with van der Waals surface area (Å²) in [5.74, 6) is 0.508. The average molecular weight is 254 g/mol. The normalized spacial score (nSPS) is 24.4. The zero-order valence-electron chi connectivity index (χ0n) is 9.79. The standard InChI is InChI=1S/C12H16ClN3O/c1-12(6-3-7-14-8-12)11(17)16-10-5-2-4-9(13)15-10/h2,4-5,14H,3,6-8H2,1H3,(H,15,16,17). The van der Waals surface area contributed by atoms with E-state index >= 15 is 0 Å². The summed E-state index contributed by atoms with van der Waals surface area (Å²) in [6.07, 6.45) is 1.92. The Morgan fingerprint density at radius 1 is 1.59 bits per heavy atom. The summed E-state index contributed by atoms with van der Waals surface area (Å²) < 4.78 is 0. The lowest BCUT2D eigenvalue weighted by molar-refractivity contribution is -0.125. The van der Waals surface area contributed by atoms with Crippen LogP contribution in [-0.4, -0.2) is 24.0 Å². The highest BCUT2D eigenvalue weighted by molar-refractivity contribution is 6.29. The van der Waals surface area contributed by atoms with Gasteiger partial charge < -0.3 is 10.6 Å². The Kier molecular flexibility index (Phi) is 3.64. The van der Waals surface area contributed by atoms with Crippen LogP contribution < -0.4 is 10.6 Å². The molecule has 1 aliphatic heterocycles. The van der Waals surface area contributed by atoms with Crippen LogP contribution in [0.1, 0.15) is 19.8 Å². The van der Waals surface area contributed by atoms with E-state index in [4.69, 9.17) is 11.6 Å². The molecular weight excluding hydrogens is 238 g/mol. The van der Waals surface area contributed by atoms with Gasteiger partial charge in [-0.1, -0.05) is 17.7 Å². The lowest BCUT2D eigenvalue weighted by atomic mass is 9.82. The molecule has 17 heavy (non-hydrogen) atoms. The number of hydrogen-bond acceptors (Lipinski definition) is 3. The molecule has 4 nitrogen and oxygen atoms in total. The largest absolute Gasteiger partial charge is 0.316 e. The molecule has 2 heterocycles. The summed E-state index contributed by atoms with van der Waals surface area (Å²) in [6.45, 7) is 3.66. The Morgan fingerprint density at radius 2 is 2.41 bits per heavy atom. The van der Waals surface area contributed by atoms with Gasteiger partial charge in [0.15, 0.2) is 0 Å². The maximum absolute atomic E-state index is 12.2. The van der Waals surface area contributed by atoms with E-state index in [1.165, 1.54) is 0 Å². The number of nitrogens with zero attached hydrogens (tertiary/aromatic N) is 1. The zero-order valence-corrected chi connectivity index (χ0v) is 10.5. The topological polar surface area (TPSA) is 54.0 Å². The molecule has 2 N–H and O–H groups in total. The van der Waals surface area contributed by atoms with Crippen molar-refractivity contribution in [1.29, 1.82) is 0 Å². The molecule has 1 fully saturated rings. The highest BCUT2D eigenvalue weighted by Gasteiger charge is 2.34. The number of piperidine rings is 1. The highest BCUT2D eigenvalue weighted by atomic mass is 35.5. The molecule has 0 spiro atoms. The average Bonchev–Trinajstić information content (AvgIpc) is 2.30. The second-order valence-corrected chi connectivity index (χ2v) is 5.03. The van der Waals surface area contributed by atoms with Crippen LogP contribution >= 0.6 is 11.6 Å². The summed E-state index contributed by atoms with van der Waals surface area (Å²) in [6, 6.07) is 5.19. The molecule has 1 saturated heterocycles. The molecule has 5 heteroatoms. The number of carbonyl (C=O) groups excluding carboxylic acids is 1. The van der Waals surface area contributed by atoms with Crippen LogP contribution in [0.25, 0.3) is 0 Å². The SMILES string of the molecule is CC1(C(=O)Nc2cccc(Cl)n2)CCCNC1. The molecule has 1 unspecified atom stereocenters. The maximum atomic E-state index is 12.2. The van der Waals surface area contributed by atoms with Gasteiger partial charge >= 0.3 is 0 Å². The molecule has 2 rings (SSSR count). The van der Waals surface area contributed by atoms with Gasteiger partial charge in [0.25, 0.3) is 0 Å². The Morgan fingerprint density at radius 3 is 3.06 bits per heavy atom. The smallest absolute Gasteiger partial charge is 0.232 e. The summed E-state index contributed by atoms with van der Waals surface area (Å²) >= 11 is 5.77. The van der Waals surface area contributed by atoms with Crippen LogP contribution in [0.4, 0.5) is 5.82 Å². The van der Waals surface area contributed by atoms with Gasteiger partial charge in [0.2, 0.25) is 5.91 Å². The molecule has 0 radical (unpaired) electrons. The quantitative estimate of drug-likeness (QED) is 0.794. The first-order valence-corrected chi connectivity index (χ1v) is 6.13. The molecule has 1 amide bonds. The predicted octanol–water partition coefficient (Wildman–Crippen LogP) is 2.06. The third-order valence-electron chi connectivity index (χ3n) is 3.10. The van der Waals surface area contributed by atoms with Crippen molar-refractivity contribution in [2.24, 2.45) is 5.41 Å². The van der Waals surface area contributed by atoms with E-state index in [2.05, 4.69) is 15.6 Å². The molecule has 1 aromatic rings. The van der Waals surface area contributed by atoms with Gasteiger partial charge in [0.05, 0.1) is 5.41 Å². The minimum absolute atomic E-state index is 0.000494. The van der Waals surface area contributed by atoms with Crippen molar-refractivity contribution in [2.45, 2.75) is 19.8 Å². The number of pyridine rings is 1. The van der Waals surface area contributed by atoms with Gasteiger partial charge in [-0.25, -0.2) is 4.98 Å². The van der Waals surface area contributed by atoms with E-state index in [0.717, 1.165) is 19.4 Å². The van der Waals surface area contributed by atoms with Crippen molar-refractivity contribution in [3.8, 4) is 0 Å². The van der Waals surface area contributed by atoms with E-state index in [-0.39, 0.29) is 11.3 Å². The van der Waals surface area contributed by atoms with Crippen LogP contribution in [0.2, 0.25) is 5.15 Å². The number of carbonyl (C=O) groups is 1. The van der Waals surface area contributed by atoms with E-state index < -0.39 is 0 Å². The van der Waals surface area contributed by atoms with Crippen LogP contribution in [0.5, 0.6) is 0 Å². The van der Waals surface area contributed by atoms with Crippen molar-refractivity contribution in [1.82, 2.24) is 10.3 Å². The number of aromatic nitrogens is 1. The predicted molar refractivity (Wildman–Crippen MR) is 68.1 cm³/mol. The summed E-state index contributed by atoms with van der Waals surface area (Å²) in [5, 5.41) is 6.45. The van der Waals surface area contributed by atoms with Crippen molar-refractivity contribution in [3.63, 3.8) is 0 Å². The molecule has 0 aliphatic carbocycles. The molecule has 0 saturated carbocycles.